The molecule has 0 aromatic heterocycles. The first kappa shape index (κ1) is 13.8. The van der Waals surface area contributed by atoms with Crippen molar-refractivity contribution in [1.29, 1.82) is 0 Å². The van der Waals surface area contributed by atoms with Crippen molar-refractivity contribution in [3.63, 3.8) is 0 Å². The molecule has 104 valence electrons. The number of rotatable bonds is 2. The van der Waals surface area contributed by atoms with Crippen LogP contribution < -0.4 is 5.43 Å². The number of hydrogen-bond acceptors (Lipinski definition) is 3. The standard InChI is InChI=1S/C14H27N3O/c1-11-5-4-6-12(2)17(11)15-14-7-9-16(10-8-14)13(3)18/h11-12,14-15H,4-10H2,1-3H3. The maximum atomic E-state index is 11.3. The number of hydrazine groups is 1. The predicted molar refractivity (Wildman–Crippen MR) is 73.0 cm³/mol. The van der Waals surface area contributed by atoms with Gasteiger partial charge in [-0.3, -0.25) is 10.2 Å². The topological polar surface area (TPSA) is 35.6 Å². The van der Waals surface area contributed by atoms with Gasteiger partial charge in [0, 0.05) is 38.1 Å². The Hall–Kier alpha value is -0.610. The minimum absolute atomic E-state index is 0.216. The van der Waals surface area contributed by atoms with Gasteiger partial charge in [-0.15, -0.1) is 0 Å². The van der Waals surface area contributed by atoms with Crippen molar-refractivity contribution >= 4 is 5.91 Å². The lowest BCUT2D eigenvalue weighted by atomic mass is 9.99. The quantitative estimate of drug-likeness (QED) is 0.814. The minimum atomic E-state index is 0.216. The summed E-state index contributed by atoms with van der Waals surface area (Å²) in [6.07, 6.45) is 6.10. The van der Waals surface area contributed by atoms with Gasteiger partial charge in [0.05, 0.1) is 0 Å². The maximum absolute atomic E-state index is 11.3. The molecule has 2 saturated heterocycles. The lowest BCUT2D eigenvalue weighted by Gasteiger charge is -2.43. The van der Waals surface area contributed by atoms with Gasteiger partial charge in [-0.05, 0) is 39.5 Å². The van der Waals surface area contributed by atoms with Crippen molar-refractivity contribution in [2.24, 2.45) is 0 Å². The molecule has 0 aliphatic carbocycles. The first-order valence-electron chi connectivity index (χ1n) is 7.38. The number of hydrogen-bond donors (Lipinski definition) is 1. The second kappa shape index (κ2) is 6.02. The van der Waals surface area contributed by atoms with Crippen molar-refractivity contribution in [2.45, 2.75) is 71.0 Å². The molecule has 18 heavy (non-hydrogen) atoms. The number of amides is 1. The summed E-state index contributed by atoms with van der Waals surface area (Å²) >= 11 is 0. The molecule has 0 spiro atoms. The second-order valence-corrected chi connectivity index (χ2v) is 5.95. The van der Waals surface area contributed by atoms with E-state index in [1.807, 2.05) is 4.90 Å². The molecular weight excluding hydrogens is 226 g/mol. The molecule has 2 atom stereocenters. The van der Waals surface area contributed by atoms with Crippen LogP contribution in [-0.4, -0.2) is 47.0 Å². The molecular formula is C14H27N3O. The largest absolute Gasteiger partial charge is 0.343 e. The molecule has 4 heteroatoms. The normalized spacial score (nSPS) is 31.6. The van der Waals surface area contributed by atoms with E-state index in [4.69, 9.17) is 0 Å². The Bertz CT molecular complexity index is 277. The van der Waals surface area contributed by atoms with Crippen LogP contribution in [0.4, 0.5) is 0 Å². The third kappa shape index (κ3) is 3.23. The van der Waals surface area contributed by atoms with Crippen LogP contribution in [0.25, 0.3) is 0 Å². The van der Waals surface area contributed by atoms with E-state index >= 15 is 0 Å². The molecule has 2 aliphatic heterocycles. The zero-order valence-corrected chi connectivity index (χ0v) is 12.0. The van der Waals surface area contributed by atoms with Crippen LogP contribution in [0.15, 0.2) is 0 Å². The van der Waals surface area contributed by atoms with Crippen LogP contribution in [0.2, 0.25) is 0 Å². The minimum Gasteiger partial charge on any atom is -0.343 e. The average molecular weight is 253 g/mol. The summed E-state index contributed by atoms with van der Waals surface area (Å²) in [4.78, 5) is 13.3. The summed E-state index contributed by atoms with van der Waals surface area (Å²) in [6.45, 7) is 8.11. The van der Waals surface area contributed by atoms with Crippen molar-refractivity contribution in [2.75, 3.05) is 13.1 Å². The van der Waals surface area contributed by atoms with Crippen molar-refractivity contribution in [3.8, 4) is 0 Å². The fourth-order valence-electron chi connectivity index (χ4n) is 3.21. The maximum Gasteiger partial charge on any atom is 0.219 e. The highest BCUT2D eigenvalue weighted by Gasteiger charge is 2.28. The smallest absolute Gasteiger partial charge is 0.219 e. The van der Waals surface area contributed by atoms with E-state index < -0.39 is 0 Å². The Morgan fingerprint density at radius 3 is 2.11 bits per heavy atom. The highest BCUT2D eigenvalue weighted by atomic mass is 16.2. The van der Waals surface area contributed by atoms with Gasteiger partial charge in [0.2, 0.25) is 5.91 Å². The van der Waals surface area contributed by atoms with Gasteiger partial charge in [-0.2, -0.15) is 0 Å². The van der Waals surface area contributed by atoms with E-state index in [-0.39, 0.29) is 5.91 Å². The second-order valence-electron chi connectivity index (χ2n) is 5.95. The van der Waals surface area contributed by atoms with Crippen LogP contribution in [0, 0.1) is 0 Å². The highest BCUT2D eigenvalue weighted by Crippen LogP contribution is 2.22. The van der Waals surface area contributed by atoms with E-state index in [9.17, 15) is 4.79 Å². The van der Waals surface area contributed by atoms with Crippen LogP contribution in [0.3, 0.4) is 0 Å². The summed E-state index contributed by atoms with van der Waals surface area (Å²) < 4.78 is 0. The van der Waals surface area contributed by atoms with Gasteiger partial charge in [-0.25, -0.2) is 5.01 Å². The molecule has 0 saturated carbocycles. The highest BCUT2D eigenvalue weighted by molar-refractivity contribution is 5.73. The van der Waals surface area contributed by atoms with E-state index in [0.717, 1.165) is 25.9 Å². The first-order chi connectivity index (χ1) is 8.58. The van der Waals surface area contributed by atoms with Crippen LogP contribution in [0.5, 0.6) is 0 Å². The van der Waals surface area contributed by atoms with Crippen LogP contribution >= 0.6 is 0 Å². The number of nitrogens with one attached hydrogen (secondary N) is 1. The summed E-state index contributed by atoms with van der Waals surface area (Å²) in [7, 11) is 0. The molecule has 1 amide bonds. The van der Waals surface area contributed by atoms with Gasteiger partial charge >= 0.3 is 0 Å². The molecule has 2 heterocycles. The monoisotopic (exact) mass is 253 g/mol. The molecule has 4 nitrogen and oxygen atoms in total. The van der Waals surface area contributed by atoms with Gasteiger partial charge in [0.25, 0.3) is 0 Å². The Balaban J connectivity index is 1.81. The SMILES string of the molecule is CC(=O)N1CCC(NN2C(C)CCCC2C)CC1. The average Bonchev–Trinajstić information content (AvgIpc) is 2.34. The number of carbonyl (C=O) groups is 1. The molecule has 2 unspecified atom stereocenters. The summed E-state index contributed by atoms with van der Waals surface area (Å²) in [6, 6.07) is 1.82. The number of carbonyl (C=O) groups excluding carboxylic acids is 1. The molecule has 0 aromatic rings. The Kier molecular flexibility index (Phi) is 4.62. The molecule has 2 fully saturated rings. The lowest BCUT2D eigenvalue weighted by Crippen LogP contribution is -2.57. The van der Waals surface area contributed by atoms with Gasteiger partial charge < -0.3 is 4.90 Å². The molecule has 1 N–H and O–H groups in total. The number of piperidine rings is 2. The zero-order valence-electron chi connectivity index (χ0n) is 12.0. The predicted octanol–water partition coefficient (Wildman–Crippen LogP) is 1.76. The van der Waals surface area contributed by atoms with Gasteiger partial charge in [0.1, 0.15) is 0 Å². The third-order valence-corrected chi connectivity index (χ3v) is 4.47. The van der Waals surface area contributed by atoms with Crippen molar-refractivity contribution in [1.82, 2.24) is 15.3 Å². The molecule has 0 aromatic carbocycles. The zero-order chi connectivity index (χ0) is 13.1. The van der Waals surface area contributed by atoms with Gasteiger partial charge in [-0.1, -0.05) is 6.42 Å². The molecule has 2 rings (SSSR count). The Morgan fingerprint density at radius 2 is 1.61 bits per heavy atom. The van der Waals surface area contributed by atoms with E-state index in [1.165, 1.54) is 19.3 Å². The number of likely N-dealkylation sites (tertiary alicyclic amines) is 1. The van der Waals surface area contributed by atoms with E-state index in [0.29, 0.717) is 18.1 Å². The molecule has 0 bridgehead atoms. The molecule has 0 radical (unpaired) electrons. The third-order valence-electron chi connectivity index (χ3n) is 4.47. The number of nitrogens with zero attached hydrogens (tertiary/aromatic N) is 2. The fraction of sp³-hybridized carbons (Fsp3) is 0.929. The summed E-state index contributed by atoms with van der Waals surface area (Å²) in [5, 5.41) is 2.46. The summed E-state index contributed by atoms with van der Waals surface area (Å²) in [5.74, 6) is 0.216. The van der Waals surface area contributed by atoms with E-state index in [2.05, 4.69) is 24.3 Å². The van der Waals surface area contributed by atoms with E-state index in [1.54, 1.807) is 6.92 Å². The summed E-state index contributed by atoms with van der Waals surface area (Å²) in [5.41, 5.74) is 3.71. The Labute approximate surface area is 111 Å². The molecule has 2 aliphatic rings. The fourth-order valence-corrected chi connectivity index (χ4v) is 3.21. The van der Waals surface area contributed by atoms with Gasteiger partial charge in [0.15, 0.2) is 0 Å². The van der Waals surface area contributed by atoms with Crippen molar-refractivity contribution in [3.05, 3.63) is 0 Å². The lowest BCUT2D eigenvalue weighted by molar-refractivity contribution is -0.130. The van der Waals surface area contributed by atoms with Crippen molar-refractivity contribution < 1.29 is 4.79 Å². The van der Waals surface area contributed by atoms with Crippen LogP contribution in [-0.2, 0) is 4.79 Å². The first-order valence-corrected chi connectivity index (χ1v) is 7.38. The van der Waals surface area contributed by atoms with Crippen LogP contribution in [0.1, 0.15) is 52.9 Å². The Morgan fingerprint density at radius 1 is 1.06 bits per heavy atom.